The summed E-state index contributed by atoms with van der Waals surface area (Å²) < 4.78 is 10.1. The van der Waals surface area contributed by atoms with Crippen LogP contribution in [0, 0.1) is 0 Å². The normalized spacial score (nSPS) is 10.8. The highest BCUT2D eigenvalue weighted by molar-refractivity contribution is 7.13. The monoisotopic (exact) mass is 246 g/mol. The van der Waals surface area contributed by atoms with E-state index in [4.69, 9.17) is 9.63 Å². The Kier molecular flexibility index (Phi) is 2.15. The van der Waals surface area contributed by atoms with Gasteiger partial charge in [0.15, 0.2) is 11.5 Å². The Balaban J connectivity index is 2.09. The molecule has 0 amide bonds. The zero-order valence-electron chi connectivity index (χ0n) is 8.45. The van der Waals surface area contributed by atoms with E-state index < -0.39 is 5.97 Å². The molecule has 0 saturated carbocycles. The van der Waals surface area contributed by atoms with Gasteiger partial charge in [-0.3, -0.25) is 0 Å². The average molecular weight is 246 g/mol. The van der Waals surface area contributed by atoms with E-state index in [1.165, 1.54) is 17.6 Å². The maximum atomic E-state index is 10.7. The van der Waals surface area contributed by atoms with Crippen LogP contribution in [0.5, 0.6) is 0 Å². The summed E-state index contributed by atoms with van der Waals surface area (Å²) in [5.74, 6) is -0.659. The van der Waals surface area contributed by atoms with Crippen molar-refractivity contribution in [1.82, 2.24) is 9.53 Å². The third kappa shape index (κ3) is 1.68. The Morgan fingerprint density at radius 1 is 1.35 bits per heavy atom. The highest BCUT2D eigenvalue weighted by Crippen LogP contribution is 2.26. The van der Waals surface area contributed by atoms with E-state index in [9.17, 15) is 4.79 Å². The summed E-state index contributed by atoms with van der Waals surface area (Å²) in [6.45, 7) is 0. The van der Waals surface area contributed by atoms with Crippen molar-refractivity contribution in [3.05, 3.63) is 36.2 Å². The van der Waals surface area contributed by atoms with Gasteiger partial charge < -0.3 is 9.63 Å². The molecular weight excluding hydrogens is 240 g/mol. The van der Waals surface area contributed by atoms with E-state index in [0.717, 1.165) is 15.6 Å². The predicted octanol–water partition coefficient (Wildman–Crippen LogP) is 2.65. The van der Waals surface area contributed by atoms with Crippen molar-refractivity contribution in [3.63, 3.8) is 0 Å². The summed E-state index contributed by atoms with van der Waals surface area (Å²) in [6, 6.07) is 7.08. The number of rotatable bonds is 2. The number of carbonyl (C=O) groups is 1. The minimum atomic E-state index is -1.10. The fourth-order valence-corrected chi connectivity index (χ4v) is 2.16. The lowest BCUT2D eigenvalue weighted by Gasteiger charge is -1.94. The topological polar surface area (TPSA) is 76.2 Å². The molecule has 2 heterocycles. The van der Waals surface area contributed by atoms with Crippen LogP contribution in [0.2, 0.25) is 0 Å². The minimum Gasteiger partial charge on any atom is -0.476 e. The molecular formula is C11H6N2O3S. The van der Waals surface area contributed by atoms with Gasteiger partial charge in [0.1, 0.15) is 0 Å². The molecule has 84 valence electrons. The molecule has 0 aliphatic rings. The van der Waals surface area contributed by atoms with Gasteiger partial charge in [-0.05, 0) is 29.7 Å². The van der Waals surface area contributed by atoms with Gasteiger partial charge in [0.05, 0.1) is 4.70 Å². The number of fused-ring (bicyclic) bond motifs is 1. The summed E-state index contributed by atoms with van der Waals surface area (Å²) >= 11 is 1.41. The standard InChI is InChI=1S/C11H6N2O3S/c14-11(15)8-4-9(16-13-8)6-1-2-10-7(3-6)5-12-17-10/h1-5H,(H,14,15). The van der Waals surface area contributed by atoms with Crippen LogP contribution >= 0.6 is 11.5 Å². The molecule has 0 aliphatic carbocycles. The molecule has 0 fully saturated rings. The third-order valence-electron chi connectivity index (χ3n) is 2.37. The molecule has 0 saturated heterocycles. The second kappa shape index (κ2) is 3.67. The quantitative estimate of drug-likeness (QED) is 0.752. The number of carboxylic acids is 1. The number of hydrogen-bond donors (Lipinski definition) is 1. The van der Waals surface area contributed by atoms with E-state index in [0.29, 0.717) is 5.76 Å². The van der Waals surface area contributed by atoms with Gasteiger partial charge in [0.2, 0.25) is 0 Å². The minimum absolute atomic E-state index is 0.0939. The molecule has 3 aromatic rings. The number of hydrogen-bond acceptors (Lipinski definition) is 5. The van der Waals surface area contributed by atoms with Crippen molar-refractivity contribution < 1.29 is 14.4 Å². The fraction of sp³-hybridized carbons (Fsp3) is 0. The molecule has 0 unspecified atom stereocenters. The van der Waals surface area contributed by atoms with Gasteiger partial charge in [-0.25, -0.2) is 4.79 Å². The van der Waals surface area contributed by atoms with Gasteiger partial charge in [0, 0.05) is 23.2 Å². The fourth-order valence-electron chi connectivity index (χ4n) is 1.54. The highest BCUT2D eigenvalue weighted by atomic mass is 32.1. The van der Waals surface area contributed by atoms with Crippen LogP contribution in [0.4, 0.5) is 0 Å². The maximum Gasteiger partial charge on any atom is 0.358 e. The number of carboxylic acid groups (broad SMARTS) is 1. The molecule has 1 N–H and O–H groups in total. The molecule has 0 radical (unpaired) electrons. The van der Waals surface area contributed by atoms with E-state index in [1.807, 2.05) is 18.2 Å². The third-order valence-corrected chi connectivity index (χ3v) is 3.15. The van der Waals surface area contributed by atoms with Gasteiger partial charge in [0.25, 0.3) is 0 Å². The van der Waals surface area contributed by atoms with Crippen LogP contribution in [0.15, 0.2) is 35.0 Å². The van der Waals surface area contributed by atoms with Crippen LogP contribution in [-0.4, -0.2) is 20.6 Å². The molecule has 6 heteroatoms. The number of aromatic carboxylic acids is 1. The maximum absolute atomic E-state index is 10.7. The average Bonchev–Trinajstić information content (AvgIpc) is 2.97. The second-order valence-corrected chi connectivity index (χ2v) is 4.29. The summed E-state index contributed by atoms with van der Waals surface area (Å²) in [6.07, 6.45) is 1.76. The van der Waals surface area contributed by atoms with Gasteiger partial charge in [-0.15, -0.1) is 0 Å². The van der Waals surface area contributed by atoms with E-state index in [1.54, 1.807) is 6.20 Å². The van der Waals surface area contributed by atoms with Crippen LogP contribution in [-0.2, 0) is 0 Å². The lowest BCUT2D eigenvalue weighted by Crippen LogP contribution is -1.94. The zero-order chi connectivity index (χ0) is 11.8. The first-order chi connectivity index (χ1) is 8.24. The van der Waals surface area contributed by atoms with Crippen molar-refractivity contribution in [2.24, 2.45) is 0 Å². The first-order valence-electron chi connectivity index (χ1n) is 4.79. The smallest absolute Gasteiger partial charge is 0.358 e. The summed E-state index contributed by atoms with van der Waals surface area (Å²) in [4.78, 5) is 10.7. The Morgan fingerprint density at radius 3 is 3.00 bits per heavy atom. The highest BCUT2D eigenvalue weighted by Gasteiger charge is 2.12. The Bertz CT molecular complexity index is 701. The molecule has 1 aromatic carbocycles. The first kappa shape index (κ1) is 9.98. The predicted molar refractivity (Wildman–Crippen MR) is 62.1 cm³/mol. The number of nitrogens with zero attached hydrogens (tertiary/aromatic N) is 2. The van der Waals surface area contributed by atoms with Gasteiger partial charge in [-0.2, -0.15) is 4.37 Å². The van der Waals surface area contributed by atoms with E-state index in [-0.39, 0.29) is 5.69 Å². The molecule has 0 spiro atoms. The van der Waals surface area contributed by atoms with E-state index in [2.05, 4.69) is 9.53 Å². The van der Waals surface area contributed by atoms with Crippen molar-refractivity contribution in [3.8, 4) is 11.3 Å². The lowest BCUT2D eigenvalue weighted by molar-refractivity contribution is 0.0686. The summed E-state index contributed by atoms with van der Waals surface area (Å²) in [5, 5.41) is 13.2. The van der Waals surface area contributed by atoms with E-state index >= 15 is 0 Å². The number of benzene rings is 1. The summed E-state index contributed by atoms with van der Waals surface area (Å²) in [7, 11) is 0. The first-order valence-corrected chi connectivity index (χ1v) is 5.56. The number of aromatic nitrogens is 2. The van der Waals surface area contributed by atoms with Crippen molar-refractivity contribution >= 4 is 27.6 Å². The van der Waals surface area contributed by atoms with Crippen LogP contribution < -0.4 is 0 Å². The second-order valence-electron chi connectivity index (χ2n) is 3.46. The lowest BCUT2D eigenvalue weighted by atomic mass is 10.1. The Labute approximate surface area is 99.5 Å². The Hall–Kier alpha value is -2.21. The molecule has 5 nitrogen and oxygen atoms in total. The van der Waals surface area contributed by atoms with Crippen LogP contribution in [0.1, 0.15) is 10.5 Å². The Morgan fingerprint density at radius 2 is 2.24 bits per heavy atom. The zero-order valence-corrected chi connectivity index (χ0v) is 9.27. The molecule has 2 aromatic heterocycles. The van der Waals surface area contributed by atoms with Crippen LogP contribution in [0.25, 0.3) is 21.4 Å². The van der Waals surface area contributed by atoms with Crippen LogP contribution in [0.3, 0.4) is 0 Å². The molecule has 0 bridgehead atoms. The molecule has 0 atom stereocenters. The molecule has 17 heavy (non-hydrogen) atoms. The van der Waals surface area contributed by atoms with Crippen molar-refractivity contribution in [2.75, 3.05) is 0 Å². The summed E-state index contributed by atoms with van der Waals surface area (Å²) in [5.41, 5.74) is 0.696. The largest absolute Gasteiger partial charge is 0.476 e. The van der Waals surface area contributed by atoms with Crippen molar-refractivity contribution in [2.45, 2.75) is 0 Å². The SMILES string of the molecule is O=C(O)c1cc(-c2ccc3sncc3c2)on1. The van der Waals surface area contributed by atoms with Crippen molar-refractivity contribution in [1.29, 1.82) is 0 Å². The van der Waals surface area contributed by atoms with Gasteiger partial charge in [-0.1, -0.05) is 5.16 Å². The molecule has 3 rings (SSSR count). The van der Waals surface area contributed by atoms with Gasteiger partial charge >= 0.3 is 5.97 Å². The molecule has 0 aliphatic heterocycles.